The van der Waals surface area contributed by atoms with Gasteiger partial charge in [0.2, 0.25) is 5.89 Å². The molecule has 0 N–H and O–H groups in total. The van der Waals surface area contributed by atoms with Crippen LogP contribution in [0.15, 0.2) is 52.5 Å². The van der Waals surface area contributed by atoms with E-state index in [0.717, 1.165) is 4.88 Å². The zero-order chi connectivity index (χ0) is 20.2. The molecule has 0 atom stereocenters. The summed E-state index contributed by atoms with van der Waals surface area (Å²) in [6.07, 6.45) is 2.56. The van der Waals surface area contributed by atoms with Crippen LogP contribution in [0.2, 0.25) is 0 Å². The molecule has 0 aliphatic carbocycles. The number of halogens is 1. The van der Waals surface area contributed by atoms with Gasteiger partial charge in [-0.15, -0.1) is 11.3 Å². The first-order valence-corrected chi connectivity index (χ1v) is 10.2. The predicted molar refractivity (Wildman–Crippen MR) is 105 cm³/mol. The monoisotopic (exact) mass is 414 g/mol. The largest absolute Gasteiger partial charge is 0.459 e. The Kier molecular flexibility index (Phi) is 5.71. The highest BCUT2D eigenvalue weighted by Gasteiger charge is 2.29. The number of amides is 1. The van der Waals surface area contributed by atoms with Gasteiger partial charge >= 0.3 is 5.97 Å². The molecule has 0 bridgehead atoms. The minimum absolute atomic E-state index is 0.0580. The van der Waals surface area contributed by atoms with E-state index in [1.165, 1.54) is 41.9 Å². The van der Waals surface area contributed by atoms with Crippen molar-refractivity contribution in [3.05, 3.63) is 65.1 Å². The van der Waals surface area contributed by atoms with Crippen LogP contribution >= 0.6 is 11.3 Å². The Morgan fingerprint density at radius 1 is 1.21 bits per heavy atom. The summed E-state index contributed by atoms with van der Waals surface area (Å²) in [5.41, 5.74) is 1.01. The van der Waals surface area contributed by atoms with Crippen molar-refractivity contribution in [3.63, 3.8) is 0 Å². The number of rotatable bonds is 5. The molecule has 1 amide bonds. The average Bonchev–Trinajstić information content (AvgIpc) is 3.44. The molecule has 0 spiro atoms. The molecule has 0 radical (unpaired) electrons. The number of benzene rings is 1. The van der Waals surface area contributed by atoms with Crippen molar-refractivity contribution >= 4 is 23.2 Å². The second kappa shape index (κ2) is 8.57. The summed E-state index contributed by atoms with van der Waals surface area (Å²) >= 11 is 1.52. The SMILES string of the molecule is O=C(OCc1coc(-c2cccs2)n1)C1CCN(C(=O)c2ccc(F)cc2)CC1. The molecule has 29 heavy (non-hydrogen) atoms. The van der Waals surface area contributed by atoms with Crippen molar-refractivity contribution in [2.45, 2.75) is 19.4 Å². The van der Waals surface area contributed by atoms with E-state index >= 15 is 0 Å². The third kappa shape index (κ3) is 4.54. The van der Waals surface area contributed by atoms with E-state index in [1.54, 1.807) is 4.90 Å². The first-order valence-electron chi connectivity index (χ1n) is 9.30. The maximum atomic E-state index is 13.0. The third-order valence-corrected chi connectivity index (χ3v) is 5.71. The standard InChI is InChI=1S/C21H19FN2O4S/c22-16-5-3-14(4-6-16)20(25)24-9-7-15(8-10-24)21(26)28-13-17-12-27-19(23-17)18-2-1-11-29-18/h1-6,11-12,15H,7-10,13H2. The Bertz CT molecular complexity index is 977. The molecule has 3 heterocycles. The molecule has 6 nitrogen and oxygen atoms in total. The van der Waals surface area contributed by atoms with Crippen molar-refractivity contribution < 1.29 is 23.1 Å². The number of hydrogen-bond acceptors (Lipinski definition) is 6. The number of carbonyl (C=O) groups excluding carboxylic acids is 2. The lowest BCUT2D eigenvalue weighted by molar-refractivity contribution is -0.151. The number of nitrogens with zero attached hydrogens (tertiary/aromatic N) is 2. The normalized spacial score (nSPS) is 14.7. The van der Waals surface area contributed by atoms with Crippen LogP contribution in [0.5, 0.6) is 0 Å². The fourth-order valence-electron chi connectivity index (χ4n) is 3.24. The molecule has 1 saturated heterocycles. The molecule has 0 unspecified atom stereocenters. The summed E-state index contributed by atoms with van der Waals surface area (Å²) in [6.45, 7) is 0.980. The third-order valence-electron chi connectivity index (χ3n) is 4.85. The number of likely N-dealkylation sites (tertiary alicyclic amines) is 1. The maximum absolute atomic E-state index is 13.0. The number of thiophene rings is 1. The van der Waals surface area contributed by atoms with Gasteiger partial charge in [0.15, 0.2) is 0 Å². The summed E-state index contributed by atoms with van der Waals surface area (Å²) in [6, 6.07) is 9.31. The summed E-state index contributed by atoms with van der Waals surface area (Å²) in [5.74, 6) is -0.563. The highest BCUT2D eigenvalue weighted by Crippen LogP contribution is 2.25. The van der Waals surface area contributed by atoms with Crippen LogP contribution in [0.25, 0.3) is 10.8 Å². The number of esters is 1. The molecule has 0 saturated carbocycles. The molecule has 1 fully saturated rings. The summed E-state index contributed by atoms with van der Waals surface area (Å²) in [5, 5.41) is 1.94. The molecule has 1 aliphatic heterocycles. The second-order valence-electron chi connectivity index (χ2n) is 6.80. The van der Waals surface area contributed by atoms with Gasteiger partial charge in [0.25, 0.3) is 5.91 Å². The molecular weight excluding hydrogens is 395 g/mol. The molecule has 1 aromatic carbocycles. The van der Waals surface area contributed by atoms with E-state index < -0.39 is 0 Å². The van der Waals surface area contributed by atoms with Crippen molar-refractivity contribution in [1.82, 2.24) is 9.88 Å². The van der Waals surface area contributed by atoms with E-state index in [1.807, 2.05) is 17.5 Å². The van der Waals surface area contributed by atoms with Gasteiger partial charge in [-0.05, 0) is 48.6 Å². The van der Waals surface area contributed by atoms with E-state index in [4.69, 9.17) is 9.15 Å². The highest BCUT2D eigenvalue weighted by molar-refractivity contribution is 7.13. The maximum Gasteiger partial charge on any atom is 0.309 e. The minimum Gasteiger partial charge on any atom is -0.459 e. The van der Waals surface area contributed by atoms with Crippen molar-refractivity contribution in [2.75, 3.05) is 13.1 Å². The van der Waals surface area contributed by atoms with Crippen LogP contribution < -0.4 is 0 Å². The number of hydrogen-bond donors (Lipinski definition) is 0. The van der Waals surface area contributed by atoms with E-state index in [0.29, 0.717) is 43.1 Å². The van der Waals surface area contributed by atoms with Crippen LogP contribution in [-0.2, 0) is 16.1 Å². The number of oxazole rings is 1. The molecule has 1 aliphatic rings. The Morgan fingerprint density at radius 3 is 2.66 bits per heavy atom. The molecule has 4 rings (SSSR count). The lowest BCUT2D eigenvalue weighted by Gasteiger charge is -2.31. The van der Waals surface area contributed by atoms with Crippen LogP contribution in [-0.4, -0.2) is 34.8 Å². The molecule has 8 heteroatoms. The zero-order valence-electron chi connectivity index (χ0n) is 15.5. The molecule has 150 valence electrons. The fraction of sp³-hybridized carbons (Fsp3) is 0.286. The number of aromatic nitrogens is 1. The Morgan fingerprint density at radius 2 is 1.97 bits per heavy atom. The smallest absolute Gasteiger partial charge is 0.309 e. The predicted octanol–water partition coefficient (Wildman–Crippen LogP) is 4.14. The van der Waals surface area contributed by atoms with E-state index in [9.17, 15) is 14.0 Å². The average molecular weight is 414 g/mol. The Labute approximate surface area is 170 Å². The zero-order valence-corrected chi connectivity index (χ0v) is 16.4. The van der Waals surface area contributed by atoms with Crippen LogP contribution in [0.1, 0.15) is 28.9 Å². The van der Waals surface area contributed by atoms with E-state index in [-0.39, 0.29) is 30.2 Å². The number of ether oxygens (including phenoxy) is 1. The van der Waals surface area contributed by atoms with Gasteiger partial charge < -0.3 is 14.1 Å². The quantitative estimate of drug-likeness (QED) is 0.587. The van der Waals surface area contributed by atoms with Crippen molar-refractivity contribution in [2.24, 2.45) is 5.92 Å². The molecular formula is C21H19FN2O4S. The van der Waals surface area contributed by atoms with Gasteiger partial charge in [-0.3, -0.25) is 9.59 Å². The van der Waals surface area contributed by atoms with Crippen molar-refractivity contribution in [1.29, 1.82) is 0 Å². The van der Waals surface area contributed by atoms with Crippen LogP contribution in [0.4, 0.5) is 4.39 Å². The first kappa shape index (κ1) is 19.3. The first-order chi connectivity index (χ1) is 14.1. The summed E-state index contributed by atoms with van der Waals surface area (Å²) in [7, 11) is 0. The highest BCUT2D eigenvalue weighted by atomic mass is 32.1. The lowest BCUT2D eigenvalue weighted by Crippen LogP contribution is -2.40. The molecule has 2 aromatic heterocycles. The second-order valence-corrected chi connectivity index (χ2v) is 7.75. The van der Waals surface area contributed by atoms with Gasteiger partial charge in [0, 0.05) is 18.7 Å². The van der Waals surface area contributed by atoms with Gasteiger partial charge in [-0.25, -0.2) is 9.37 Å². The van der Waals surface area contributed by atoms with Gasteiger partial charge in [-0.2, -0.15) is 0 Å². The fourth-order valence-corrected chi connectivity index (χ4v) is 3.90. The lowest BCUT2D eigenvalue weighted by atomic mass is 9.96. The Hall–Kier alpha value is -3.00. The topological polar surface area (TPSA) is 72.6 Å². The summed E-state index contributed by atoms with van der Waals surface area (Å²) in [4.78, 5) is 31.8. The van der Waals surface area contributed by atoms with Crippen LogP contribution in [0, 0.1) is 11.7 Å². The molecule has 3 aromatic rings. The van der Waals surface area contributed by atoms with Gasteiger partial charge in [0.1, 0.15) is 24.4 Å². The van der Waals surface area contributed by atoms with Crippen molar-refractivity contribution in [3.8, 4) is 10.8 Å². The van der Waals surface area contributed by atoms with Crippen LogP contribution in [0.3, 0.4) is 0 Å². The minimum atomic E-state index is -0.377. The van der Waals surface area contributed by atoms with E-state index in [2.05, 4.69) is 4.98 Å². The van der Waals surface area contributed by atoms with Gasteiger partial charge in [-0.1, -0.05) is 6.07 Å². The van der Waals surface area contributed by atoms with Gasteiger partial charge in [0.05, 0.1) is 10.8 Å². The summed E-state index contributed by atoms with van der Waals surface area (Å²) < 4.78 is 23.8. The Balaban J connectivity index is 1.26. The number of carbonyl (C=O) groups is 2. The number of piperidine rings is 1.